The van der Waals surface area contributed by atoms with Crippen molar-refractivity contribution in [1.29, 1.82) is 0 Å². The van der Waals surface area contributed by atoms with Gasteiger partial charge in [-0.15, -0.1) is 6.58 Å². The van der Waals surface area contributed by atoms with Gasteiger partial charge in [0.2, 0.25) is 5.75 Å². The molecule has 168 valence electrons. The number of thiazole rings is 1. The molecule has 0 atom stereocenters. The minimum absolute atomic E-state index is 0.381. The first-order valence-corrected chi connectivity index (χ1v) is 10.8. The normalized spacial score (nSPS) is 11.7. The Labute approximate surface area is 190 Å². The van der Waals surface area contributed by atoms with Crippen molar-refractivity contribution in [2.75, 3.05) is 27.9 Å². The molecule has 0 unspecified atom stereocenters. The van der Waals surface area contributed by atoms with Crippen LogP contribution in [0.5, 0.6) is 23.0 Å². The van der Waals surface area contributed by atoms with Crippen LogP contribution in [0.4, 0.5) is 0 Å². The van der Waals surface area contributed by atoms with Crippen LogP contribution in [-0.2, 0) is 11.3 Å². The molecule has 0 saturated carbocycles. The second-order valence-electron chi connectivity index (χ2n) is 6.59. The number of rotatable bonds is 9. The molecule has 0 bridgehead atoms. The van der Waals surface area contributed by atoms with Gasteiger partial charge in [-0.25, -0.2) is 0 Å². The zero-order chi connectivity index (χ0) is 23.1. The Balaban J connectivity index is 1.96. The van der Waals surface area contributed by atoms with E-state index in [0.717, 1.165) is 21.5 Å². The quantitative estimate of drug-likeness (QED) is 0.353. The number of fused-ring (bicyclic) bond motifs is 1. The third kappa shape index (κ3) is 5.03. The van der Waals surface area contributed by atoms with Gasteiger partial charge < -0.3 is 23.5 Å². The maximum absolute atomic E-state index is 12.6. The number of amides is 1. The molecular formula is C24H26N2O5S. The van der Waals surface area contributed by atoms with Gasteiger partial charge in [0, 0.05) is 12.6 Å². The molecule has 1 aromatic heterocycles. The van der Waals surface area contributed by atoms with Gasteiger partial charge >= 0.3 is 0 Å². The van der Waals surface area contributed by atoms with Gasteiger partial charge in [0.05, 0.1) is 38.2 Å². The highest BCUT2D eigenvalue weighted by Crippen LogP contribution is 2.38. The molecular weight excluding hydrogens is 428 g/mol. The number of nitrogens with zero attached hydrogens (tertiary/aromatic N) is 2. The summed E-state index contributed by atoms with van der Waals surface area (Å²) in [4.78, 5) is 17.5. The average molecular weight is 455 g/mol. The number of ether oxygens (including phenoxy) is 4. The highest BCUT2D eigenvalue weighted by Gasteiger charge is 2.12. The monoisotopic (exact) mass is 454 g/mol. The summed E-state index contributed by atoms with van der Waals surface area (Å²) in [5.74, 6) is 1.91. The van der Waals surface area contributed by atoms with Crippen molar-refractivity contribution in [3.8, 4) is 23.0 Å². The highest BCUT2D eigenvalue weighted by molar-refractivity contribution is 7.16. The van der Waals surface area contributed by atoms with Crippen LogP contribution in [0.25, 0.3) is 16.3 Å². The van der Waals surface area contributed by atoms with E-state index in [1.54, 1.807) is 45.6 Å². The van der Waals surface area contributed by atoms with Crippen molar-refractivity contribution in [2.45, 2.75) is 13.5 Å². The van der Waals surface area contributed by atoms with Crippen molar-refractivity contribution in [2.24, 2.45) is 4.99 Å². The summed E-state index contributed by atoms with van der Waals surface area (Å²) in [6.07, 6.45) is 4.85. The van der Waals surface area contributed by atoms with E-state index < -0.39 is 0 Å². The Morgan fingerprint density at radius 1 is 1.12 bits per heavy atom. The second kappa shape index (κ2) is 10.7. The van der Waals surface area contributed by atoms with Gasteiger partial charge in [-0.2, -0.15) is 4.99 Å². The lowest BCUT2D eigenvalue weighted by Crippen LogP contribution is -2.15. The second-order valence-corrected chi connectivity index (χ2v) is 7.60. The molecule has 1 amide bonds. The lowest BCUT2D eigenvalue weighted by Gasteiger charge is -2.12. The molecule has 2 aromatic carbocycles. The molecule has 0 radical (unpaired) electrons. The number of methoxy groups -OCH3 is 3. The van der Waals surface area contributed by atoms with E-state index in [-0.39, 0.29) is 5.91 Å². The maximum Gasteiger partial charge on any atom is 0.272 e. The third-order valence-electron chi connectivity index (χ3n) is 4.59. The third-order valence-corrected chi connectivity index (χ3v) is 5.63. The molecule has 3 rings (SSSR count). The molecule has 0 saturated heterocycles. The molecule has 0 spiro atoms. The zero-order valence-electron chi connectivity index (χ0n) is 18.6. The Morgan fingerprint density at radius 2 is 1.84 bits per heavy atom. The summed E-state index contributed by atoms with van der Waals surface area (Å²) < 4.78 is 24.6. The largest absolute Gasteiger partial charge is 0.494 e. The van der Waals surface area contributed by atoms with Crippen molar-refractivity contribution in [3.05, 3.63) is 59.4 Å². The van der Waals surface area contributed by atoms with E-state index in [9.17, 15) is 4.79 Å². The summed E-state index contributed by atoms with van der Waals surface area (Å²) in [5, 5.41) is 0. The first kappa shape index (κ1) is 23.1. The Hall–Kier alpha value is -3.52. The van der Waals surface area contributed by atoms with Crippen LogP contribution in [0.15, 0.2) is 54.1 Å². The highest BCUT2D eigenvalue weighted by atomic mass is 32.1. The molecule has 0 aliphatic carbocycles. The van der Waals surface area contributed by atoms with E-state index >= 15 is 0 Å². The van der Waals surface area contributed by atoms with Gasteiger partial charge in [-0.05, 0) is 48.9 Å². The van der Waals surface area contributed by atoms with E-state index in [1.807, 2.05) is 29.7 Å². The smallest absolute Gasteiger partial charge is 0.272 e. The van der Waals surface area contributed by atoms with Crippen LogP contribution in [-0.4, -0.2) is 38.4 Å². The van der Waals surface area contributed by atoms with E-state index in [2.05, 4.69) is 11.6 Å². The fourth-order valence-electron chi connectivity index (χ4n) is 3.20. The van der Waals surface area contributed by atoms with Crippen molar-refractivity contribution >= 4 is 33.5 Å². The Kier molecular flexibility index (Phi) is 7.72. The number of carbonyl (C=O) groups is 1. The van der Waals surface area contributed by atoms with Crippen LogP contribution >= 0.6 is 11.3 Å². The van der Waals surface area contributed by atoms with E-state index in [1.165, 1.54) is 17.4 Å². The molecule has 7 nitrogen and oxygen atoms in total. The van der Waals surface area contributed by atoms with Gasteiger partial charge in [-0.3, -0.25) is 4.79 Å². The molecule has 0 N–H and O–H groups in total. The summed E-state index contributed by atoms with van der Waals surface area (Å²) >= 11 is 1.43. The molecule has 3 aromatic rings. The number of hydrogen-bond acceptors (Lipinski definition) is 6. The van der Waals surface area contributed by atoms with Gasteiger partial charge in [0.1, 0.15) is 5.75 Å². The van der Waals surface area contributed by atoms with Gasteiger partial charge in [0.15, 0.2) is 16.3 Å². The zero-order valence-corrected chi connectivity index (χ0v) is 19.4. The predicted molar refractivity (Wildman–Crippen MR) is 127 cm³/mol. The van der Waals surface area contributed by atoms with E-state index in [0.29, 0.717) is 35.2 Å². The minimum Gasteiger partial charge on any atom is -0.494 e. The maximum atomic E-state index is 12.6. The lowest BCUT2D eigenvalue weighted by molar-refractivity contribution is -0.113. The van der Waals surface area contributed by atoms with Crippen LogP contribution in [0, 0.1) is 0 Å². The van der Waals surface area contributed by atoms with Crippen molar-refractivity contribution < 1.29 is 23.7 Å². The van der Waals surface area contributed by atoms with Crippen LogP contribution < -0.4 is 23.7 Å². The van der Waals surface area contributed by atoms with Crippen molar-refractivity contribution in [3.63, 3.8) is 0 Å². The van der Waals surface area contributed by atoms with Crippen LogP contribution in [0.3, 0.4) is 0 Å². The number of carbonyl (C=O) groups excluding carboxylic acids is 1. The van der Waals surface area contributed by atoms with Crippen LogP contribution in [0.1, 0.15) is 12.5 Å². The topological polar surface area (TPSA) is 71.3 Å². The molecule has 1 heterocycles. The standard InChI is InChI=1S/C24H26N2O5S/c1-6-12-26-18-10-9-17(31-7-2)15-21(18)32-24(26)25-22(27)11-8-16-13-19(28-3)23(30-5)20(14-16)29-4/h6,8-11,13-15H,1,7,12H2,2-5H3/b11-8-,25-24?. The molecule has 0 fully saturated rings. The van der Waals surface area contributed by atoms with Gasteiger partial charge in [-0.1, -0.05) is 17.4 Å². The lowest BCUT2D eigenvalue weighted by atomic mass is 10.1. The molecule has 0 aliphatic heterocycles. The summed E-state index contributed by atoms with van der Waals surface area (Å²) in [5.41, 5.74) is 1.69. The van der Waals surface area contributed by atoms with Gasteiger partial charge in [0.25, 0.3) is 5.91 Å². The Morgan fingerprint density at radius 3 is 2.44 bits per heavy atom. The summed E-state index contributed by atoms with van der Waals surface area (Å²) in [6, 6.07) is 9.36. The first-order chi connectivity index (χ1) is 15.5. The summed E-state index contributed by atoms with van der Waals surface area (Å²) in [6.45, 7) is 6.88. The van der Waals surface area contributed by atoms with Crippen LogP contribution in [0.2, 0.25) is 0 Å². The Bertz CT molecular complexity index is 1200. The van der Waals surface area contributed by atoms with E-state index in [4.69, 9.17) is 18.9 Å². The number of benzene rings is 2. The summed E-state index contributed by atoms with van der Waals surface area (Å²) in [7, 11) is 4.63. The molecule has 0 aliphatic rings. The number of hydrogen-bond donors (Lipinski definition) is 0. The molecule has 8 heteroatoms. The fraction of sp³-hybridized carbons (Fsp3) is 0.250. The SMILES string of the molecule is C=CCn1c(=NC(=O)/C=C\c2cc(OC)c(OC)c(OC)c2)sc2cc(OCC)ccc21. The fourth-order valence-corrected chi connectivity index (χ4v) is 4.27. The van der Waals surface area contributed by atoms with Crippen molar-refractivity contribution in [1.82, 2.24) is 4.57 Å². The molecule has 32 heavy (non-hydrogen) atoms. The number of aromatic nitrogens is 1. The first-order valence-electron chi connectivity index (χ1n) is 9.98. The average Bonchev–Trinajstić information content (AvgIpc) is 3.13. The minimum atomic E-state index is -0.381. The number of allylic oxidation sites excluding steroid dienone is 1. The predicted octanol–water partition coefficient (Wildman–Crippen LogP) is 4.45.